The molecule has 4 heterocycles. The number of benzene rings is 1. The summed E-state index contributed by atoms with van der Waals surface area (Å²) in [6, 6.07) is 4.90. The molecule has 7 rings (SSSR count). The molecule has 1 aromatic heterocycles. The third kappa shape index (κ3) is 3.59. The van der Waals surface area contributed by atoms with E-state index in [1.807, 2.05) is 6.92 Å². The maximum absolute atomic E-state index is 12.2. The maximum Gasteiger partial charge on any atom is 0.303 e. The lowest BCUT2D eigenvalue weighted by molar-refractivity contribution is -0.296. The number of carbonyl (C=O) groups is 1. The molecule has 0 radical (unpaired) electrons. The topological polar surface area (TPSA) is 96.2 Å². The third-order valence-corrected chi connectivity index (χ3v) is 10.1. The molecule has 39 heavy (non-hydrogen) atoms. The fourth-order valence-electron chi connectivity index (χ4n) is 7.98. The molecule has 1 spiro atoms. The molecule has 2 aliphatic carbocycles. The first-order valence-corrected chi connectivity index (χ1v) is 14.2. The van der Waals surface area contributed by atoms with Crippen molar-refractivity contribution in [3.8, 4) is 5.75 Å². The second-order valence-electron chi connectivity index (χ2n) is 12.2. The third-order valence-electron chi connectivity index (χ3n) is 10.1. The monoisotopic (exact) mass is 535 g/mol. The van der Waals surface area contributed by atoms with Crippen LogP contribution in [-0.2, 0) is 30.8 Å². The lowest BCUT2D eigenvalue weighted by Gasteiger charge is -2.57. The first-order chi connectivity index (χ1) is 18.7. The maximum atomic E-state index is 12.2. The summed E-state index contributed by atoms with van der Waals surface area (Å²) in [6.07, 6.45) is 4.06. The highest BCUT2D eigenvalue weighted by atomic mass is 16.7. The Bertz CT molecular complexity index is 1340. The normalized spacial score (nSPS) is 40.2. The Labute approximate surface area is 228 Å². The van der Waals surface area contributed by atoms with E-state index in [0.29, 0.717) is 23.7 Å². The van der Waals surface area contributed by atoms with Crippen molar-refractivity contribution in [2.75, 3.05) is 13.6 Å². The second kappa shape index (κ2) is 8.88. The van der Waals surface area contributed by atoms with Crippen molar-refractivity contribution >= 4 is 5.97 Å². The molecule has 0 saturated carbocycles. The van der Waals surface area contributed by atoms with Gasteiger partial charge in [-0.1, -0.05) is 38.1 Å². The van der Waals surface area contributed by atoms with Gasteiger partial charge in [0.25, 0.3) is 0 Å². The number of esters is 1. The highest BCUT2D eigenvalue weighted by Gasteiger charge is 2.65. The molecule has 2 bridgehead atoms. The van der Waals surface area contributed by atoms with Crippen molar-refractivity contribution in [1.82, 2.24) is 15.1 Å². The lowest BCUT2D eigenvalue weighted by Crippen LogP contribution is -2.65. The molecule has 9 heteroatoms. The van der Waals surface area contributed by atoms with Gasteiger partial charge in [0, 0.05) is 42.7 Å². The van der Waals surface area contributed by atoms with E-state index in [1.165, 1.54) is 18.1 Å². The number of hydrogen-bond donors (Lipinski definition) is 0. The van der Waals surface area contributed by atoms with Gasteiger partial charge in [-0.25, -0.2) is 0 Å². The van der Waals surface area contributed by atoms with Crippen LogP contribution in [0.15, 0.2) is 28.7 Å². The van der Waals surface area contributed by atoms with Gasteiger partial charge < -0.3 is 28.3 Å². The summed E-state index contributed by atoms with van der Waals surface area (Å²) in [5, 5.41) is 8.25. The molecular formula is C30H37N3O6. The van der Waals surface area contributed by atoms with Gasteiger partial charge in [-0.15, -0.1) is 10.2 Å². The first-order valence-electron chi connectivity index (χ1n) is 14.2. The number of aryl methyl sites for hydroxylation is 2. The van der Waals surface area contributed by atoms with E-state index in [0.717, 1.165) is 30.7 Å². The molecular weight excluding hydrogens is 498 g/mol. The van der Waals surface area contributed by atoms with Gasteiger partial charge in [0.05, 0.1) is 0 Å². The van der Waals surface area contributed by atoms with Crippen LogP contribution in [-0.4, -0.2) is 65.3 Å². The van der Waals surface area contributed by atoms with Crippen molar-refractivity contribution in [1.29, 1.82) is 0 Å². The Morgan fingerprint density at radius 3 is 2.72 bits per heavy atom. The van der Waals surface area contributed by atoms with E-state index in [9.17, 15) is 4.79 Å². The van der Waals surface area contributed by atoms with Crippen molar-refractivity contribution in [3.05, 3.63) is 52.8 Å². The number of aromatic nitrogens is 2. The second-order valence-corrected chi connectivity index (χ2v) is 12.2. The largest absolute Gasteiger partial charge is 0.486 e. The Balaban J connectivity index is 1.26. The van der Waals surface area contributed by atoms with Crippen LogP contribution in [0, 0.1) is 31.6 Å². The molecule has 9 nitrogen and oxygen atoms in total. The van der Waals surface area contributed by atoms with E-state index in [1.54, 1.807) is 6.92 Å². The Morgan fingerprint density at radius 2 is 1.97 bits per heavy atom. The summed E-state index contributed by atoms with van der Waals surface area (Å²) in [5.41, 5.74) is 3.77. The highest BCUT2D eigenvalue weighted by molar-refractivity contribution is 5.66. The quantitative estimate of drug-likeness (QED) is 0.428. The molecule has 5 aliphatic rings. The molecule has 1 aromatic carbocycles. The number of ether oxygens (including phenoxy) is 4. The number of piperidine rings is 1. The zero-order valence-corrected chi connectivity index (χ0v) is 23.4. The van der Waals surface area contributed by atoms with E-state index in [4.69, 9.17) is 23.4 Å². The van der Waals surface area contributed by atoms with Crippen LogP contribution >= 0.6 is 0 Å². The minimum Gasteiger partial charge on any atom is -0.486 e. The summed E-state index contributed by atoms with van der Waals surface area (Å²) in [4.78, 5) is 14.7. The molecule has 3 aliphatic heterocycles. The van der Waals surface area contributed by atoms with Crippen molar-refractivity contribution in [2.45, 2.75) is 89.6 Å². The number of carbonyl (C=O) groups excluding carboxylic acids is 1. The first kappa shape index (κ1) is 25.2. The van der Waals surface area contributed by atoms with Gasteiger partial charge in [0.2, 0.25) is 11.8 Å². The zero-order valence-electron chi connectivity index (χ0n) is 23.4. The van der Waals surface area contributed by atoms with Gasteiger partial charge in [0.1, 0.15) is 24.1 Å². The van der Waals surface area contributed by atoms with Crippen LogP contribution in [0.1, 0.15) is 61.8 Å². The van der Waals surface area contributed by atoms with Crippen LogP contribution < -0.4 is 4.74 Å². The minimum absolute atomic E-state index is 0.0379. The van der Waals surface area contributed by atoms with Crippen LogP contribution in [0.2, 0.25) is 0 Å². The van der Waals surface area contributed by atoms with Crippen molar-refractivity contribution < 1.29 is 28.2 Å². The average molecular weight is 536 g/mol. The smallest absolute Gasteiger partial charge is 0.303 e. The summed E-state index contributed by atoms with van der Waals surface area (Å²) in [5.74, 6) is 1.79. The fourth-order valence-corrected chi connectivity index (χ4v) is 7.98. The number of rotatable bonds is 4. The van der Waals surface area contributed by atoms with Crippen molar-refractivity contribution in [3.63, 3.8) is 0 Å². The Morgan fingerprint density at radius 1 is 1.15 bits per heavy atom. The summed E-state index contributed by atoms with van der Waals surface area (Å²) in [6.45, 7) is 10.4. The van der Waals surface area contributed by atoms with Crippen LogP contribution in [0.5, 0.6) is 5.75 Å². The number of hydrogen-bond acceptors (Lipinski definition) is 9. The standard InChI is InChI=1S/C30H37N3O6/c1-14-7-8-19-13-21-20-9-10-22(27-30(20,11-12-33(21)6)23(19)24(14)38-27)37-29-26(36-18(5)34)16(3)15(2)25(39-29)28-32-31-17(4)35-28/h7-10,15-16,20-22,25-27,29H,11-13H2,1-6H3/t15-,16+,20?,21-,22?,25?,26?,27+,29-,30+/m1/s1. The highest BCUT2D eigenvalue weighted by Crippen LogP contribution is 2.61. The Hall–Kier alpha value is -2.75. The van der Waals surface area contributed by atoms with Gasteiger partial charge in [-0.05, 0) is 50.4 Å². The predicted octanol–water partition coefficient (Wildman–Crippen LogP) is 3.82. The molecule has 2 fully saturated rings. The molecule has 208 valence electrons. The summed E-state index contributed by atoms with van der Waals surface area (Å²) >= 11 is 0. The van der Waals surface area contributed by atoms with E-state index in [2.05, 4.69) is 60.3 Å². The van der Waals surface area contributed by atoms with E-state index >= 15 is 0 Å². The average Bonchev–Trinajstić information content (AvgIpc) is 3.49. The molecule has 0 N–H and O–H groups in total. The van der Waals surface area contributed by atoms with Gasteiger partial charge in [-0.2, -0.15) is 0 Å². The summed E-state index contributed by atoms with van der Waals surface area (Å²) in [7, 11) is 2.24. The van der Waals surface area contributed by atoms with E-state index in [-0.39, 0.29) is 35.4 Å². The zero-order chi connectivity index (χ0) is 27.2. The number of likely N-dealkylation sites (tertiary alicyclic amines) is 1. The SMILES string of the molecule is CC(=O)OC1[C@H](OC2C=CC3[C@H]4Cc5ccc(C)c6c5[C@@]3(CCN4C)[C@H]2O6)OC(c2nnc(C)o2)[C@H](C)[C@@H]1C. The van der Waals surface area contributed by atoms with E-state index < -0.39 is 18.5 Å². The van der Waals surface area contributed by atoms with Crippen LogP contribution in [0.25, 0.3) is 0 Å². The minimum atomic E-state index is -0.821. The number of nitrogens with zero attached hydrogens (tertiary/aromatic N) is 3. The summed E-state index contributed by atoms with van der Waals surface area (Å²) < 4.78 is 31.8. The molecule has 0 amide bonds. The molecule has 4 unspecified atom stereocenters. The molecule has 2 saturated heterocycles. The van der Waals surface area contributed by atoms with Gasteiger partial charge in [0.15, 0.2) is 12.4 Å². The van der Waals surface area contributed by atoms with Gasteiger partial charge >= 0.3 is 5.97 Å². The lowest BCUT2D eigenvalue weighted by atomic mass is 9.53. The van der Waals surface area contributed by atoms with Crippen LogP contribution in [0.4, 0.5) is 0 Å². The molecule has 10 atom stereocenters. The van der Waals surface area contributed by atoms with Gasteiger partial charge in [-0.3, -0.25) is 4.79 Å². The molecule has 2 aromatic rings. The fraction of sp³-hybridized carbons (Fsp3) is 0.633. The van der Waals surface area contributed by atoms with Crippen LogP contribution in [0.3, 0.4) is 0 Å². The predicted molar refractivity (Wildman–Crippen MR) is 140 cm³/mol. The number of likely N-dealkylation sites (N-methyl/N-ethyl adjacent to an activating group) is 1. The Kier molecular flexibility index (Phi) is 5.74. The van der Waals surface area contributed by atoms with Crippen molar-refractivity contribution in [2.24, 2.45) is 17.8 Å².